The molecule has 0 unspecified atom stereocenters. The molecule has 0 spiro atoms. The van der Waals surface area contributed by atoms with E-state index in [2.05, 4.69) is 0 Å². The topological polar surface area (TPSA) is 60.4 Å². The molecule has 1 rings (SSSR count). The highest BCUT2D eigenvalue weighted by Gasteiger charge is 2.46. The normalized spacial score (nSPS) is 26.5. The molecule has 1 aliphatic heterocycles. The van der Waals surface area contributed by atoms with Crippen LogP contribution in [0, 0.1) is 5.92 Å². The molecule has 0 aliphatic carbocycles. The van der Waals surface area contributed by atoms with Crippen molar-refractivity contribution in [3.05, 3.63) is 0 Å². The molecule has 1 radical (unpaired) electrons. The predicted octanol–water partition coefficient (Wildman–Crippen LogP) is 2.08. The lowest BCUT2D eigenvalue weighted by Gasteiger charge is -2.49. The van der Waals surface area contributed by atoms with Crippen LogP contribution in [0.4, 0.5) is 0 Å². The van der Waals surface area contributed by atoms with E-state index in [1.165, 1.54) is 0 Å². The molecule has 0 aromatic rings. The van der Waals surface area contributed by atoms with Crippen molar-refractivity contribution < 1.29 is 15.1 Å². The number of piperidine rings is 1. The van der Waals surface area contributed by atoms with Crippen molar-refractivity contribution in [2.45, 2.75) is 58.0 Å². The van der Waals surface area contributed by atoms with Crippen LogP contribution >= 0.6 is 0 Å². The van der Waals surface area contributed by atoms with Crippen LogP contribution in [0.5, 0.6) is 0 Å². The van der Waals surface area contributed by atoms with E-state index in [0.717, 1.165) is 5.06 Å². The standard InChI is InChI=1S/C11H20NO3/c1-10(2)6-8(5-9(13)14)7-11(3,4)12(10)15/h8H,5-7H2,1-4H3,(H,13,14). The lowest BCUT2D eigenvalue weighted by molar-refractivity contribution is -0.294. The Labute approximate surface area is 90.8 Å². The Kier molecular flexibility index (Phi) is 3.12. The number of aliphatic carboxylic acids is 1. The van der Waals surface area contributed by atoms with Crippen molar-refractivity contribution in [3.8, 4) is 0 Å². The van der Waals surface area contributed by atoms with Crippen LogP contribution in [0.2, 0.25) is 0 Å². The molecule has 1 fully saturated rings. The van der Waals surface area contributed by atoms with Gasteiger partial charge in [0.25, 0.3) is 0 Å². The van der Waals surface area contributed by atoms with Crippen molar-refractivity contribution >= 4 is 5.97 Å². The number of carbonyl (C=O) groups is 1. The van der Waals surface area contributed by atoms with Crippen molar-refractivity contribution in [3.63, 3.8) is 0 Å². The number of carboxylic acid groups (broad SMARTS) is 1. The van der Waals surface area contributed by atoms with E-state index in [-0.39, 0.29) is 12.3 Å². The molecule has 0 saturated carbocycles. The van der Waals surface area contributed by atoms with E-state index in [0.29, 0.717) is 12.8 Å². The van der Waals surface area contributed by atoms with Gasteiger partial charge in [0, 0.05) is 17.5 Å². The molecule has 0 amide bonds. The van der Waals surface area contributed by atoms with Crippen molar-refractivity contribution in [1.29, 1.82) is 0 Å². The highest BCUT2D eigenvalue weighted by molar-refractivity contribution is 5.67. The summed E-state index contributed by atoms with van der Waals surface area (Å²) in [4.78, 5) is 10.7. The SMILES string of the molecule is CC1(C)CC(CC(=O)O)CC(C)(C)N1[O]. The number of hydroxylamine groups is 2. The average molecular weight is 214 g/mol. The van der Waals surface area contributed by atoms with Gasteiger partial charge in [0.1, 0.15) is 0 Å². The molecule has 4 heteroatoms. The molecule has 15 heavy (non-hydrogen) atoms. The Morgan fingerprint density at radius 2 is 1.67 bits per heavy atom. The molecule has 0 atom stereocenters. The van der Waals surface area contributed by atoms with Gasteiger partial charge in [0.2, 0.25) is 0 Å². The zero-order chi connectivity index (χ0) is 11.9. The maximum Gasteiger partial charge on any atom is 0.303 e. The summed E-state index contributed by atoms with van der Waals surface area (Å²) in [6.45, 7) is 7.54. The molecule has 87 valence electrons. The first-order chi connectivity index (χ1) is 6.65. The fourth-order valence-electron chi connectivity index (χ4n) is 2.86. The summed E-state index contributed by atoms with van der Waals surface area (Å²) in [6, 6.07) is 0. The van der Waals surface area contributed by atoms with E-state index >= 15 is 0 Å². The van der Waals surface area contributed by atoms with Crippen molar-refractivity contribution in [2.75, 3.05) is 0 Å². The second-order valence-corrected chi connectivity index (χ2v) is 5.79. The summed E-state index contributed by atoms with van der Waals surface area (Å²) >= 11 is 0. The zero-order valence-corrected chi connectivity index (χ0v) is 9.91. The van der Waals surface area contributed by atoms with E-state index < -0.39 is 17.0 Å². The van der Waals surface area contributed by atoms with Gasteiger partial charge in [-0.1, -0.05) is 0 Å². The van der Waals surface area contributed by atoms with Gasteiger partial charge in [0.05, 0.1) is 0 Å². The van der Waals surface area contributed by atoms with Crippen LogP contribution in [0.15, 0.2) is 0 Å². The Bertz CT molecular complexity index is 243. The van der Waals surface area contributed by atoms with Crippen LogP contribution in [0.3, 0.4) is 0 Å². The number of hydrogen-bond donors (Lipinski definition) is 1. The van der Waals surface area contributed by atoms with Crippen molar-refractivity contribution in [2.24, 2.45) is 5.92 Å². The minimum atomic E-state index is -0.772. The Hall–Kier alpha value is -0.610. The largest absolute Gasteiger partial charge is 0.481 e. The molecule has 4 nitrogen and oxygen atoms in total. The third-order valence-electron chi connectivity index (χ3n) is 3.14. The number of hydrogen-bond acceptors (Lipinski definition) is 2. The number of carboxylic acids is 1. The van der Waals surface area contributed by atoms with Gasteiger partial charge in [0.15, 0.2) is 0 Å². The van der Waals surface area contributed by atoms with E-state index in [4.69, 9.17) is 5.11 Å². The second kappa shape index (κ2) is 3.76. The third-order valence-corrected chi connectivity index (χ3v) is 3.14. The molecule has 1 heterocycles. The Morgan fingerprint density at radius 1 is 1.27 bits per heavy atom. The summed E-state index contributed by atoms with van der Waals surface area (Å²) in [5, 5.41) is 21.9. The van der Waals surface area contributed by atoms with Gasteiger partial charge in [-0.3, -0.25) is 4.79 Å². The molecular formula is C11H20NO3. The smallest absolute Gasteiger partial charge is 0.303 e. The van der Waals surface area contributed by atoms with Gasteiger partial charge in [-0.05, 0) is 46.5 Å². The summed E-state index contributed by atoms with van der Waals surface area (Å²) < 4.78 is 0. The quantitative estimate of drug-likeness (QED) is 0.765. The highest BCUT2D eigenvalue weighted by atomic mass is 16.5. The molecule has 0 bridgehead atoms. The first-order valence-electron chi connectivity index (χ1n) is 5.34. The maximum atomic E-state index is 12.0. The summed E-state index contributed by atoms with van der Waals surface area (Å²) in [7, 11) is 0. The van der Waals surface area contributed by atoms with Gasteiger partial charge >= 0.3 is 5.97 Å². The Morgan fingerprint density at radius 3 is 2.00 bits per heavy atom. The molecule has 0 aromatic heterocycles. The number of nitrogens with zero attached hydrogens (tertiary/aromatic N) is 1. The van der Waals surface area contributed by atoms with Crippen LogP contribution in [0.1, 0.15) is 47.0 Å². The predicted molar refractivity (Wildman–Crippen MR) is 55.7 cm³/mol. The molecule has 1 N–H and O–H groups in total. The van der Waals surface area contributed by atoms with Gasteiger partial charge < -0.3 is 5.11 Å². The summed E-state index contributed by atoms with van der Waals surface area (Å²) in [5.41, 5.74) is -0.913. The van der Waals surface area contributed by atoms with E-state index in [1.807, 2.05) is 27.7 Å². The van der Waals surface area contributed by atoms with Crippen molar-refractivity contribution in [1.82, 2.24) is 5.06 Å². The summed E-state index contributed by atoms with van der Waals surface area (Å²) in [6.07, 6.45) is 1.49. The molecule has 0 aromatic carbocycles. The monoisotopic (exact) mass is 214 g/mol. The van der Waals surface area contributed by atoms with E-state index in [9.17, 15) is 10.0 Å². The lowest BCUT2D eigenvalue weighted by atomic mass is 9.74. The summed E-state index contributed by atoms with van der Waals surface area (Å²) in [5.74, 6) is -0.663. The van der Waals surface area contributed by atoms with Gasteiger partial charge in [-0.2, -0.15) is 0 Å². The minimum Gasteiger partial charge on any atom is -0.481 e. The molecular weight excluding hydrogens is 194 g/mol. The van der Waals surface area contributed by atoms with Gasteiger partial charge in [-0.15, -0.1) is 10.3 Å². The molecule has 1 saturated heterocycles. The van der Waals surface area contributed by atoms with Crippen LogP contribution < -0.4 is 0 Å². The maximum absolute atomic E-state index is 12.0. The highest BCUT2D eigenvalue weighted by Crippen LogP contribution is 2.41. The third kappa shape index (κ3) is 2.69. The Balaban J connectivity index is 2.79. The first kappa shape index (κ1) is 12.5. The van der Waals surface area contributed by atoms with Crippen LogP contribution in [-0.4, -0.2) is 27.2 Å². The fraction of sp³-hybridized carbons (Fsp3) is 0.909. The molecule has 1 aliphatic rings. The van der Waals surface area contributed by atoms with Gasteiger partial charge in [-0.25, -0.2) is 0 Å². The van der Waals surface area contributed by atoms with Crippen LogP contribution in [0.25, 0.3) is 0 Å². The average Bonchev–Trinajstić information content (AvgIpc) is 1.97. The number of rotatable bonds is 2. The fourth-order valence-corrected chi connectivity index (χ4v) is 2.86. The second-order valence-electron chi connectivity index (χ2n) is 5.79. The van der Waals surface area contributed by atoms with Crippen LogP contribution in [-0.2, 0) is 10.0 Å². The first-order valence-corrected chi connectivity index (χ1v) is 5.34. The van der Waals surface area contributed by atoms with E-state index in [1.54, 1.807) is 0 Å². The minimum absolute atomic E-state index is 0.109. The zero-order valence-electron chi connectivity index (χ0n) is 9.91. The lowest BCUT2D eigenvalue weighted by Crippen LogP contribution is -2.58.